The van der Waals surface area contributed by atoms with Crippen LogP contribution in [0.4, 0.5) is 5.69 Å². The molecule has 0 spiro atoms. The van der Waals surface area contributed by atoms with Crippen LogP contribution in [-0.4, -0.2) is 12.6 Å². The molecule has 2 N–H and O–H groups in total. The van der Waals surface area contributed by atoms with E-state index in [9.17, 15) is 4.79 Å². The second kappa shape index (κ2) is 12.9. The van der Waals surface area contributed by atoms with Crippen LogP contribution in [0, 0.1) is 0 Å². The van der Waals surface area contributed by atoms with Crippen LogP contribution in [0.1, 0.15) is 94.0 Å². The largest absolute Gasteiger partial charge is 0.462 e. The van der Waals surface area contributed by atoms with Gasteiger partial charge in [0, 0.05) is 5.69 Å². The van der Waals surface area contributed by atoms with Gasteiger partial charge >= 0.3 is 5.97 Å². The van der Waals surface area contributed by atoms with Crippen LogP contribution in [0.25, 0.3) is 0 Å². The number of carbonyl (C=O) groups is 1. The van der Waals surface area contributed by atoms with Crippen LogP contribution in [0.15, 0.2) is 18.2 Å². The second-order valence-corrected chi connectivity index (χ2v) is 6.57. The Morgan fingerprint density at radius 1 is 0.917 bits per heavy atom. The maximum atomic E-state index is 11.9. The molecular formula is C21H35NO2. The molecule has 0 amide bonds. The van der Waals surface area contributed by atoms with Crippen molar-refractivity contribution in [2.75, 3.05) is 12.3 Å². The number of unbranched alkanes of at least 4 members (excludes halogenated alkanes) is 9. The number of nitrogen functional groups attached to an aromatic ring is 1. The molecule has 0 radical (unpaired) electrons. The van der Waals surface area contributed by atoms with Gasteiger partial charge in [-0.05, 0) is 37.5 Å². The Labute approximate surface area is 148 Å². The molecule has 1 aromatic carbocycles. The highest BCUT2D eigenvalue weighted by Gasteiger charge is 2.11. The topological polar surface area (TPSA) is 52.3 Å². The average molecular weight is 334 g/mol. The third kappa shape index (κ3) is 8.37. The lowest BCUT2D eigenvalue weighted by Crippen LogP contribution is -2.08. The molecule has 0 aliphatic heterocycles. The van der Waals surface area contributed by atoms with E-state index < -0.39 is 0 Å². The van der Waals surface area contributed by atoms with Crippen LogP contribution in [-0.2, 0) is 11.2 Å². The number of esters is 1. The van der Waals surface area contributed by atoms with Gasteiger partial charge in [0.05, 0.1) is 12.2 Å². The van der Waals surface area contributed by atoms with Gasteiger partial charge in [-0.2, -0.15) is 0 Å². The minimum Gasteiger partial charge on any atom is -0.462 e. The minimum absolute atomic E-state index is 0.320. The van der Waals surface area contributed by atoms with Crippen LogP contribution < -0.4 is 5.73 Å². The van der Waals surface area contributed by atoms with E-state index in [-0.39, 0.29) is 5.97 Å². The third-order valence-electron chi connectivity index (χ3n) is 4.43. The summed E-state index contributed by atoms with van der Waals surface area (Å²) in [4.78, 5) is 11.9. The van der Waals surface area contributed by atoms with Crippen LogP contribution in [0.2, 0.25) is 0 Å². The zero-order chi connectivity index (χ0) is 17.6. The summed E-state index contributed by atoms with van der Waals surface area (Å²) < 4.78 is 5.05. The van der Waals surface area contributed by atoms with Gasteiger partial charge in [0.2, 0.25) is 0 Å². The maximum Gasteiger partial charge on any atom is 0.340 e. The van der Waals surface area contributed by atoms with Gasteiger partial charge in [0.25, 0.3) is 0 Å². The van der Waals surface area contributed by atoms with Crippen molar-refractivity contribution in [1.82, 2.24) is 0 Å². The molecular weight excluding hydrogens is 298 g/mol. The molecule has 0 heterocycles. The summed E-state index contributed by atoms with van der Waals surface area (Å²) in [7, 11) is 0. The highest BCUT2D eigenvalue weighted by molar-refractivity contribution is 5.95. The van der Waals surface area contributed by atoms with Gasteiger partial charge in [0.1, 0.15) is 0 Å². The van der Waals surface area contributed by atoms with E-state index in [1.165, 1.54) is 69.8 Å². The fourth-order valence-electron chi connectivity index (χ4n) is 2.96. The fourth-order valence-corrected chi connectivity index (χ4v) is 2.96. The van der Waals surface area contributed by atoms with Crippen molar-refractivity contribution < 1.29 is 9.53 Å². The molecule has 1 rings (SSSR count). The van der Waals surface area contributed by atoms with E-state index in [1.54, 1.807) is 0 Å². The summed E-state index contributed by atoms with van der Waals surface area (Å²) in [6.07, 6.45) is 14.4. The molecule has 0 fully saturated rings. The van der Waals surface area contributed by atoms with Crippen molar-refractivity contribution in [2.24, 2.45) is 0 Å². The quantitative estimate of drug-likeness (QED) is 0.277. The summed E-state index contributed by atoms with van der Waals surface area (Å²) in [5.74, 6) is -0.320. The molecule has 3 nitrogen and oxygen atoms in total. The summed E-state index contributed by atoms with van der Waals surface area (Å²) >= 11 is 0. The summed E-state index contributed by atoms with van der Waals surface area (Å²) in [5, 5.41) is 0. The first-order chi connectivity index (χ1) is 11.7. The molecule has 0 saturated heterocycles. The Bertz CT molecular complexity index is 471. The fraction of sp³-hybridized carbons (Fsp3) is 0.667. The molecule has 0 aliphatic rings. The Hall–Kier alpha value is -1.51. The number of hydrogen-bond acceptors (Lipinski definition) is 3. The number of anilines is 1. The van der Waals surface area contributed by atoms with Gasteiger partial charge in [-0.1, -0.05) is 70.8 Å². The van der Waals surface area contributed by atoms with E-state index in [0.29, 0.717) is 17.9 Å². The standard InChI is InChI=1S/C21H35NO2/c1-3-5-6-7-8-9-10-11-12-13-14-18-15-16-20(22)19(17-18)21(23)24-4-2/h15-17H,3-14,22H2,1-2H3. The normalized spacial score (nSPS) is 10.8. The molecule has 0 atom stereocenters. The third-order valence-corrected chi connectivity index (χ3v) is 4.43. The van der Waals surface area contributed by atoms with Crippen LogP contribution in [0.5, 0.6) is 0 Å². The van der Waals surface area contributed by atoms with Crippen molar-refractivity contribution in [1.29, 1.82) is 0 Å². The first-order valence-corrected chi connectivity index (χ1v) is 9.74. The van der Waals surface area contributed by atoms with Crippen molar-refractivity contribution in [2.45, 2.75) is 84.5 Å². The van der Waals surface area contributed by atoms with E-state index in [2.05, 4.69) is 6.92 Å². The SMILES string of the molecule is CCCCCCCCCCCCc1ccc(N)c(C(=O)OCC)c1. The highest BCUT2D eigenvalue weighted by atomic mass is 16.5. The summed E-state index contributed by atoms with van der Waals surface area (Å²) in [6, 6.07) is 5.73. The Kier molecular flexibility index (Phi) is 11.0. The molecule has 3 heteroatoms. The molecule has 0 bridgehead atoms. The molecule has 136 valence electrons. The minimum atomic E-state index is -0.320. The predicted octanol–water partition coefficient (Wildman–Crippen LogP) is 5.91. The lowest BCUT2D eigenvalue weighted by Gasteiger charge is -2.08. The Balaban J connectivity index is 2.19. The number of carbonyl (C=O) groups excluding carboxylic acids is 1. The van der Waals surface area contributed by atoms with Crippen molar-refractivity contribution in [3.63, 3.8) is 0 Å². The lowest BCUT2D eigenvalue weighted by molar-refractivity contribution is 0.0527. The van der Waals surface area contributed by atoms with E-state index in [1.807, 2.05) is 25.1 Å². The maximum absolute atomic E-state index is 11.9. The van der Waals surface area contributed by atoms with Crippen molar-refractivity contribution in [3.05, 3.63) is 29.3 Å². The second-order valence-electron chi connectivity index (χ2n) is 6.57. The lowest BCUT2D eigenvalue weighted by atomic mass is 10.0. The smallest absolute Gasteiger partial charge is 0.340 e. The van der Waals surface area contributed by atoms with Crippen molar-refractivity contribution in [3.8, 4) is 0 Å². The van der Waals surface area contributed by atoms with Gasteiger partial charge in [0.15, 0.2) is 0 Å². The summed E-state index contributed by atoms with van der Waals surface area (Å²) in [5.41, 5.74) is 8.05. The van der Waals surface area contributed by atoms with Gasteiger partial charge in [-0.3, -0.25) is 0 Å². The first kappa shape index (κ1) is 20.5. The molecule has 0 saturated carbocycles. The summed E-state index contributed by atoms with van der Waals surface area (Å²) in [6.45, 7) is 4.44. The number of aryl methyl sites for hydroxylation is 1. The van der Waals surface area contributed by atoms with Gasteiger partial charge < -0.3 is 10.5 Å². The van der Waals surface area contributed by atoms with E-state index >= 15 is 0 Å². The first-order valence-electron chi connectivity index (χ1n) is 9.74. The molecule has 24 heavy (non-hydrogen) atoms. The number of benzene rings is 1. The number of hydrogen-bond donors (Lipinski definition) is 1. The zero-order valence-electron chi connectivity index (χ0n) is 15.6. The van der Waals surface area contributed by atoms with Crippen LogP contribution in [0.3, 0.4) is 0 Å². The Morgan fingerprint density at radius 2 is 1.50 bits per heavy atom. The molecule has 0 aromatic heterocycles. The van der Waals surface area contributed by atoms with Crippen LogP contribution >= 0.6 is 0 Å². The molecule has 0 unspecified atom stereocenters. The van der Waals surface area contributed by atoms with E-state index in [0.717, 1.165) is 6.42 Å². The highest BCUT2D eigenvalue weighted by Crippen LogP contribution is 2.18. The molecule has 0 aliphatic carbocycles. The number of rotatable bonds is 13. The van der Waals surface area contributed by atoms with Gasteiger partial charge in [-0.25, -0.2) is 4.79 Å². The van der Waals surface area contributed by atoms with E-state index in [4.69, 9.17) is 10.5 Å². The predicted molar refractivity (Wildman–Crippen MR) is 102 cm³/mol. The monoisotopic (exact) mass is 333 g/mol. The number of ether oxygens (including phenoxy) is 1. The Morgan fingerprint density at radius 3 is 2.08 bits per heavy atom. The zero-order valence-corrected chi connectivity index (χ0v) is 15.6. The van der Waals surface area contributed by atoms with Gasteiger partial charge in [-0.15, -0.1) is 0 Å². The average Bonchev–Trinajstić information content (AvgIpc) is 2.58. The molecule has 1 aromatic rings. The van der Waals surface area contributed by atoms with Crippen molar-refractivity contribution >= 4 is 11.7 Å². The number of nitrogens with two attached hydrogens (primary N) is 1.